The van der Waals surface area contributed by atoms with Gasteiger partial charge in [-0.2, -0.15) is 0 Å². The monoisotopic (exact) mass is 376 g/mol. The number of nitrogens with zero attached hydrogens (tertiary/aromatic N) is 1. The number of nitrogens with one attached hydrogen (secondary N) is 1. The van der Waals surface area contributed by atoms with Crippen LogP contribution < -0.4 is 9.46 Å². The van der Waals surface area contributed by atoms with Gasteiger partial charge in [-0.15, -0.1) is 0 Å². The fraction of sp³-hybridized carbons (Fsp3) is 0.400. The van der Waals surface area contributed by atoms with Crippen molar-refractivity contribution in [1.29, 1.82) is 0 Å². The van der Waals surface area contributed by atoms with Crippen LogP contribution in [0.2, 0.25) is 0 Å². The average Bonchev–Trinajstić information content (AvgIpc) is 2.53. The molecule has 0 spiro atoms. The minimum Gasteiger partial charge on any atom is -0.492 e. The molecule has 0 fully saturated rings. The van der Waals surface area contributed by atoms with E-state index in [4.69, 9.17) is 4.74 Å². The average molecular weight is 377 g/mol. The second-order valence-corrected chi connectivity index (χ2v) is 9.15. The molecular weight excluding hydrogens is 348 g/mol. The second-order valence-electron chi connectivity index (χ2n) is 7.50. The van der Waals surface area contributed by atoms with Crippen LogP contribution in [0.5, 0.6) is 5.75 Å². The highest BCUT2D eigenvalue weighted by atomic mass is 32.2. The first-order chi connectivity index (χ1) is 12.1. The summed E-state index contributed by atoms with van der Waals surface area (Å²) in [5.74, 6) is 0.674. The fourth-order valence-corrected chi connectivity index (χ4v) is 4.18. The van der Waals surface area contributed by atoms with Gasteiger partial charge in [0.2, 0.25) is 10.0 Å². The molecule has 0 atom stereocenters. The molecule has 0 bridgehead atoms. The van der Waals surface area contributed by atoms with Crippen molar-refractivity contribution in [3.63, 3.8) is 0 Å². The topological polar surface area (TPSA) is 58.6 Å². The SMILES string of the molecule is CN(C)CCOc1ccccc1-c1ccccc1S(=O)(=O)NC(C)(C)C. The molecule has 0 aliphatic heterocycles. The van der Waals surface area contributed by atoms with Crippen LogP contribution in [-0.2, 0) is 10.0 Å². The molecule has 142 valence electrons. The van der Waals surface area contributed by atoms with Crippen LogP contribution in [-0.4, -0.2) is 46.1 Å². The molecule has 0 amide bonds. The zero-order valence-corrected chi connectivity index (χ0v) is 16.9. The summed E-state index contributed by atoms with van der Waals surface area (Å²) in [7, 11) is 0.302. The zero-order valence-electron chi connectivity index (χ0n) is 16.1. The predicted molar refractivity (Wildman–Crippen MR) is 106 cm³/mol. The van der Waals surface area contributed by atoms with E-state index in [9.17, 15) is 8.42 Å². The maximum Gasteiger partial charge on any atom is 0.241 e. The Morgan fingerprint density at radius 1 is 0.962 bits per heavy atom. The maximum absolute atomic E-state index is 12.9. The molecule has 2 aromatic carbocycles. The molecule has 0 aliphatic carbocycles. The van der Waals surface area contributed by atoms with Crippen LogP contribution in [0.3, 0.4) is 0 Å². The van der Waals surface area contributed by atoms with E-state index in [1.807, 2.05) is 76.2 Å². The summed E-state index contributed by atoms with van der Waals surface area (Å²) in [6.45, 7) is 6.78. The van der Waals surface area contributed by atoms with Crippen LogP contribution in [0.4, 0.5) is 0 Å². The molecule has 0 radical (unpaired) electrons. The van der Waals surface area contributed by atoms with E-state index in [2.05, 4.69) is 4.72 Å². The maximum atomic E-state index is 12.9. The van der Waals surface area contributed by atoms with E-state index < -0.39 is 15.6 Å². The normalized spacial score (nSPS) is 12.4. The Hall–Kier alpha value is -1.89. The Morgan fingerprint density at radius 2 is 1.54 bits per heavy atom. The van der Waals surface area contributed by atoms with Gasteiger partial charge in [0, 0.05) is 23.2 Å². The van der Waals surface area contributed by atoms with Crippen LogP contribution in [0.15, 0.2) is 53.4 Å². The summed E-state index contributed by atoms with van der Waals surface area (Å²) in [6.07, 6.45) is 0. The summed E-state index contributed by atoms with van der Waals surface area (Å²) >= 11 is 0. The lowest BCUT2D eigenvalue weighted by atomic mass is 10.0. The van der Waals surface area contributed by atoms with Gasteiger partial charge in [-0.05, 0) is 47.0 Å². The van der Waals surface area contributed by atoms with Crippen molar-refractivity contribution in [1.82, 2.24) is 9.62 Å². The lowest BCUT2D eigenvalue weighted by Gasteiger charge is -2.22. The Balaban J connectivity index is 2.45. The van der Waals surface area contributed by atoms with Gasteiger partial charge in [0.25, 0.3) is 0 Å². The highest BCUT2D eigenvalue weighted by Crippen LogP contribution is 2.34. The van der Waals surface area contributed by atoms with Crippen LogP contribution in [0.25, 0.3) is 11.1 Å². The van der Waals surface area contributed by atoms with Crippen molar-refractivity contribution >= 4 is 10.0 Å². The lowest BCUT2D eigenvalue weighted by Crippen LogP contribution is -2.40. The first kappa shape index (κ1) is 20.4. The molecule has 0 unspecified atom stereocenters. The number of ether oxygens (including phenoxy) is 1. The van der Waals surface area contributed by atoms with Crippen molar-refractivity contribution in [2.24, 2.45) is 0 Å². The zero-order chi connectivity index (χ0) is 19.4. The number of hydrogen-bond acceptors (Lipinski definition) is 4. The van der Waals surface area contributed by atoms with E-state index in [1.54, 1.807) is 12.1 Å². The Labute approximate surface area is 157 Å². The smallest absolute Gasteiger partial charge is 0.241 e. The molecule has 6 heteroatoms. The molecular formula is C20H28N2O3S. The first-order valence-electron chi connectivity index (χ1n) is 8.60. The molecule has 2 aromatic rings. The molecule has 1 N–H and O–H groups in total. The Bertz CT molecular complexity index is 840. The van der Waals surface area contributed by atoms with Crippen molar-refractivity contribution in [2.75, 3.05) is 27.2 Å². The van der Waals surface area contributed by atoms with Gasteiger partial charge in [-0.3, -0.25) is 0 Å². The number of likely N-dealkylation sites (N-methyl/N-ethyl adjacent to an activating group) is 1. The summed E-state index contributed by atoms with van der Waals surface area (Å²) in [4.78, 5) is 2.28. The van der Waals surface area contributed by atoms with Crippen molar-refractivity contribution in [3.05, 3.63) is 48.5 Å². The van der Waals surface area contributed by atoms with E-state index in [-0.39, 0.29) is 4.90 Å². The summed E-state index contributed by atoms with van der Waals surface area (Å²) in [5.41, 5.74) is 0.832. The number of sulfonamides is 1. The number of hydrogen-bond donors (Lipinski definition) is 1. The van der Waals surface area contributed by atoms with Crippen molar-refractivity contribution in [2.45, 2.75) is 31.2 Å². The number of rotatable bonds is 7. The van der Waals surface area contributed by atoms with E-state index in [1.165, 1.54) is 0 Å². The molecule has 0 heterocycles. The molecule has 0 aromatic heterocycles. The van der Waals surface area contributed by atoms with Gasteiger partial charge in [0.15, 0.2) is 0 Å². The fourth-order valence-electron chi connectivity index (χ4n) is 2.53. The van der Waals surface area contributed by atoms with Crippen molar-refractivity contribution in [3.8, 4) is 16.9 Å². The third-order valence-corrected chi connectivity index (χ3v) is 5.41. The molecule has 0 aliphatic rings. The van der Waals surface area contributed by atoms with Gasteiger partial charge in [-0.1, -0.05) is 36.4 Å². The van der Waals surface area contributed by atoms with E-state index in [0.717, 1.165) is 12.1 Å². The lowest BCUT2D eigenvalue weighted by molar-refractivity contribution is 0.262. The van der Waals surface area contributed by atoms with Gasteiger partial charge >= 0.3 is 0 Å². The van der Waals surface area contributed by atoms with Crippen LogP contribution in [0, 0.1) is 0 Å². The third-order valence-electron chi connectivity index (χ3n) is 3.59. The van der Waals surface area contributed by atoms with Gasteiger partial charge < -0.3 is 9.64 Å². The molecule has 0 saturated heterocycles. The van der Waals surface area contributed by atoms with Crippen LogP contribution >= 0.6 is 0 Å². The van der Waals surface area contributed by atoms with Gasteiger partial charge in [-0.25, -0.2) is 13.1 Å². The highest BCUT2D eigenvalue weighted by molar-refractivity contribution is 7.89. The first-order valence-corrected chi connectivity index (χ1v) is 10.1. The standard InChI is InChI=1S/C20H28N2O3S/c1-20(2,3)21-26(23,24)19-13-9-7-11-17(19)16-10-6-8-12-18(16)25-15-14-22(4)5/h6-13,21H,14-15H2,1-5H3. The highest BCUT2D eigenvalue weighted by Gasteiger charge is 2.25. The van der Waals surface area contributed by atoms with E-state index in [0.29, 0.717) is 17.9 Å². The van der Waals surface area contributed by atoms with Crippen molar-refractivity contribution < 1.29 is 13.2 Å². The number of para-hydroxylation sites is 1. The summed E-state index contributed by atoms with van der Waals surface area (Å²) in [5, 5.41) is 0. The summed E-state index contributed by atoms with van der Waals surface area (Å²) in [6, 6.07) is 14.5. The Kier molecular flexibility index (Phi) is 6.44. The second kappa shape index (κ2) is 8.20. The predicted octanol–water partition coefficient (Wildman–Crippen LogP) is 3.37. The summed E-state index contributed by atoms with van der Waals surface area (Å²) < 4.78 is 34.4. The minimum absolute atomic E-state index is 0.249. The third kappa shape index (κ3) is 5.56. The van der Waals surface area contributed by atoms with Gasteiger partial charge in [0.1, 0.15) is 12.4 Å². The largest absolute Gasteiger partial charge is 0.492 e. The molecule has 2 rings (SSSR count). The number of benzene rings is 2. The Morgan fingerprint density at radius 3 is 2.15 bits per heavy atom. The molecule has 5 nitrogen and oxygen atoms in total. The molecule has 26 heavy (non-hydrogen) atoms. The van der Waals surface area contributed by atoms with E-state index >= 15 is 0 Å². The van der Waals surface area contributed by atoms with Gasteiger partial charge in [0.05, 0.1) is 4.90 Å². The van der Waals surface area contributed by atoms with Crippen LogP contribution in [0.1, 0.15) is 20.8 Å². The minimum atomic E-state index is -3.66. The molecule has 0 saturated carbocycles. The quantitative estimate of drug-likeness (QED) is 0.805.